The minimum atomic E-state index is 0.866. The van der Waals surface area contributed by atoms with Gasteiger partial charge in [-0.25, -0.2) is 4.98 Å². The summed E-state index contributed by atoms with van der Waals surface area (Å²) < 4.78 is 0. The molecule has 0 saturated carbocycles. The van der Waals surface area contributed by atoms with Gasteiger partial charge >= 0.3 is 0 Å². The van der Waals surface area contributed by atoms with Crippen LogP contribution in [0, 0.1) is 0 Å². The molecule has 0 fully saturated rings. The van der Waals surface area contributed by atoms with E-state index in [4.69, 9.17) is 0 Å². The third-order valence-electron chi connectivity index (χ3n) is 3.89. The van der Waals surface area contributed by atoms with E-state index in [0.717, 1.165) is 25.2 Å². The first-order chi connectivity index (χ1) is 9.90. The minimum absolute atomic E-state index is 0.866. The van der Waals surface area contributed by atoms with Gasteiger partial charge in [0.25, 0.3) is 0 Å². The normalized spacial score (nSPS) is 13.7. The standard InChI is InChI=1S/C16H16N4/c1-2-15(18-6-1)13-4-3-12-5-7-20(16(12)8-13)10-14-9-17-11-19-14/h1-4,6,8-9,11,18H,5,7,10H2,(H,17,19). The summed E-state index contributed by atoms with van der Waals surface area (Å²) in [6, 6.07) is 10.9. The van der Waals surface area contributed by atoms with Gasteiger partial charge in [0, 0.05) is 30.3 Å². The van der Waals surface area contributed by atoms with Crippen molar-refractivity contribution >= 4 is 5.69 Å². The van der Waals surface area contributed by atoms with Gasteiger partial charge in [0.1, 0.15) is 0 Å². The highest BCUT2D eigenvalue weighted by atomic mass is 15.2. The van der Waals surface area contributed by atoms with Crippen LogP contribution >= 0.6 is 0 Å². The van der Waals surface area contributed by atoms with Crippen LogP contribution in [0.5, 0.6) is 0 Å². The van der Waals surface area contributed by atoms with Gasteiger partial charge < -0.3 is 14.9 Å². The van der Waals surface area contributed by atoms with E-state index in [2.05, 4.69) is 44.1 Å². The number of benzene rings is 1. The van der Waals surface area contributed by atoms with Gasteiger partial charge in [0.15, 0.2) is 0 Å². The predicted molar refractivity (Wildman–Crippen MR) is 79.6 cm³/mol. The highest BCUT2D eigenvalue weighted by Crippen LogP contribution is 2.33. The molecule has 3 aromatic rings. The molecule has 3 heterocycles. The lowest BCUT2D eigenvalue weighted by Gasteiger charge is -2.18. The largest absolute Gasteiger partial charge is 0.365 e. The van der Waals surface area contributed by atoms with E-state index in [1.807, 2.05) is 18.5 Å². The van der Waals surface area contributed by atoms with Gasteiger partial charge in [0.2, 0.25) is 0 Å². The first-order valence-corrected chi connectivity index (χ1v) is 6.89. The van der Waals surface area contributed by atoms with Crippen molar-refractivity contribution in [2.24, 2.45) is 0 Å². The van der Waals surface area contributed by atoms with Crippen LogP contribution in [0.2, 0.25) is 0 Å². The molecule has 100 valence electrons. The number of H-pyrrole nitrogens is 2. The quantitative estimate of drug-likeness (QED) is 0.764. The first-order valence-electron chi connectivity index (χ1n) is 6.89. The molecule has 0 unspecified atom stereocenters. The van der Waals surface area contributed by atoms with Crippen LogP contribution in [0.25, 0.3) is 11.3 Å². The van der Waals surface area contributed by atoms with Crippen molar-refractivity contribution in [3.63, 3.8) is 0 Å². The molecule has 0 radical (unpaired) electrons. The Labute approximate surface area is 117 Å². The Morgan fingerprint density at radius 2 is 2.25 bits per heavy atom. The summed E-state index contributed by atoms with van der Waals surface area (Å²) in [7, 11) is 0. The molecule has 0 bridgehead atoms. The number of fused-ring (bicyclic) bond motifs is 1. The summed E-state index contributed by atoms with van der Waals surface area (Å²) in [4.78, 5) is 13.0. The SMILES string of the molecule is c1c[nH]c(-c2ccc3c(c2)N(Cc2c[nH]cn2)CC3)c1. The smallest absolute Gasteiger partial charge is 0.0923 e. The van der Waals surface area contributed by atoms with Crippen LogP contribution in [-0.4, -0.2) is 21.5 Å². The van der Waals surface area contributed by atoms with Crippen LogP contribution in [0.3, 0.4) is 0 Å². The van der Waals surface area contributed by atoms with Crippen LogP contribution < -0.4 is 4.90 Å². The molecule has 4 nitrogen and oxygen atoms in total. The van der Waals surface area contributed by atoms with E-state index in [1.54, 1.807) is 6.33 Å². The summed E-state index contributed by atoms with van der Waals surface area (Å²) in [5.41, 5.74) is 6.25. The Bertz CT molecular complexity index is 698. The first kappa shape index (κ1) is 11.3. The van der Waals surface area contributed by atoms with Gasteiger partial charge in [-0.1, -0.05) is 12.1 Å². The Hall–Kier alpha value is -2.49. The van der Waals surface area contributed by atoms with E-state index >= 15 is 0 Å². The van der Waals surface area contributed by atoms with Crippen molar-refractivity contribution in [1.29, 1.82) is 0 Å². The third-order valence-corrected chi connectivity index (χ3v) is 3.89. The molecule has 1 aliphatic rings. The number of aromatic nitrogens is 3. The lowest BCUT2D eigenvalue weighted by Crippen LogP contribution is -2.19. The zero-order valence-corrected chi connectivity index (χ0v) is 11.1. The van der Waals surface area contributed by atoms with Crippen LogP contribution in [0.4, 0.5) is 5.69 Å². The average Bonchev–Trinajstić information content (AvgIpc) is 3.20. The molecule has 0 aliphatic carbocycles. The van der Waals surface area contributed by atoms with Gasteiger partial charge in [0.05, 0.1) is 18.6 Å². The molecule has 20 heavy (non-hydrogen) atoms. The molecule has 1 aromatic carbocycles. The summed E-state index contributed by atoms with van der Waals surface area (Å²) in [5, 5.41) is 0. The Morgan fingerprint density at radius 3 is 3.05 bits per heavy atom. The highest BCUT2D eigenvalue weighted by Gasteiger charge is 2.20. The van der Waals surface area contributed by atoms with Crippen LogP contribution in [0.15, 0.2) is 49.1 Å². The van der Waals surface area contributed by atoms with Gasteiger partial charge in [-0.3, -0.25) is 0 Å². The zero-order chi connectivity index (χ0) is 13.4. The Balaban J connectivity index is 1.67. The molecular formula is C16H16N4. The molecule has 4 rings (SSSR count). The van der Waals surface area contributed by atoms with Gasteiger partial charge in [-0.2, -0.15) is 0 Å². The van der Waals surface area contributed by atoms with Gasteiger partial charge in [-0.05, 0) is 35.7 Å². The lowest BCUT2D eigenvalue weighted by molar-refractivity contribution is 0.819. The fourth-order valence-electron chi connectivity index (χ4n) is 2.86. The molecule has 0 saturated heterocycles. The fourth-order valence-corrected chi connectivity index (χ4v) is 2.86. The minimum Gasteiger partial charge on any atom is -0.365 e. The second kappa shape index (κ2) is 4.56. The second-order valence-electron chi connectivity index (χ2n) is 5.16. The number of hydrogen-bond acceptors (Lipinski definition) is 2. The molecule has 0 atom stereocenters. The van der Waals surface area contributed by atoms with E-state index in [-0.39, 0.29) is 0 Å². The van der Waals surface area contributed by atoms with Crippen molar-refractivity contribution in [2.45, 2.75) is 13.0 Å². The van der Waals surface area contributed by atoms with Crippen molar-refractivity contribution in [2.75, 3.05) is 11.4 Å². The molecule has 4 heteroatoms. The number of imidazole rings is 1. The maximum absolute atomic E-state index is 4.32. The topological polar surface area (TPSA) is 47.7 Å². The van der Waals surface area contributed by atoms with Crippen LogP contribution in [0.1, 0.15) is 11.3 Å². The fraction of sp³-hybridized carbons (Fsp3) is 0.188. The molecule has 1 aliphatic heterocycles. The van der Waals surface area contributed by atoms with Crippen molar-refractivity contribution in [1.82, 2.24) is 15.0 Å². The van der Waals surface area contributed by atoms with Crippen molar-refractivity contribution in [3.8, 4) is 11.3 Å². The van der Waals surface area contributed by atoms with Crippen molar-refractivity contribution < 1.29 is 0 Å². The molecule has 2 N–H and O–H groups in total. The number of anilines is 1. The molecule has 0 spiro atoms. The van der Waals surface area contributed by atoms with E-state index in [9.17, 15) is 0 Å². The maximum Gasteiger partial charge on any atom is 0.0923 e. The van der Waals surface area contributed by atoms with Crippen LogP contribution in [-0.2, 0) is 13.0 Å². The molecule has 2 aromatic heterocycles. The molecule has 0 amide bonds. The number of hydrogen-bond donors (Lipinski definition) is 2. The number of nitrogens with zero attached hydrogens (tertiary/aromatic N) is 2. The van der Waals surface area contributed by atoms with E-state index in [1.165, 1.54) is 22.5 Å². The monoisotopic (exact) mass is 264 g/mol. The van der Waals surface area contributed by atoms with E-state index in [0.29, 0.717) is 0 Å². The van der Waals surface area contributed by atoms with Crippen molar-refractivity contribution in [3.05, 3.63) is 60.3 Å². The average molecular weight is 264 g/mol. The second-order valence-corrected chi connectivity index (χ2v) is 5.16. The highest BCUT2D eigenvalue weighted by molar-refractivity contribution is 5.70. The Kier molecular flexibility index (Phi) is 2.59. The third kappa shape index (κ3) is 1.90. The summed E-state index contributed by atoms with van der Waals surface area (Å²) in [5.74, 6) is 0. The summed E-state index contributed by atoms with van der Waals surface area (Å²) in [6.45, 7) is 1.93. The predicted octanol–water partition coefficient (Wildman–Crippen LogP) is 2.97. The zero-order valence-electron chi connectivity index (χ0n) is 11.1. The Morgan fingerprint density at radius 1 is 1.25 bits per heavy atom. The van der Waals surface area contributed by atoms with Gasteiger partial charge in [-0.15, -0.1) is 0 Å². The number of rotatable bonds is 3. The molecular weight excluding hydrogens is 248 g/mol. The summed E-state index contributed by atoms with van der Waals surface area (Å²) in [6.07, 6.45) is 6.78. The van der Waals surface area contributed by atoms with E-state index < -0.39 is 0 Å². The number of nitrogens with one attached hydrogen (secondary N) is 2. The maximum atomic E-state index is 4.32. The summed E-state index contributed by atoms with van der Waals surface area (Å²) >= 11 is 0. The lowest BCUT2D eigenvalue weighted by atomic mass is 10.1. The number of aromatic amines is 2.